The van der Waals surface area contributed by atoms with Crippen molar-refractivity contribution in [2.24, 2.45) is 0 Å². The maximum Gasteiger partial charge on any atom is 0.329 e. The lowest BCUT2D eigenvalue weighted by atomic mass is 10.1. The van der Waals surface area contributed by atoms with Crippen LogP contribution in [0.15, 0.2) is 64.2 Å². The monoisotopic (exact) mass is 507 g/mol. The van der Waals surface area contributed by atoms with Gasteiger partial charge in [0.1, 0.15) is 5.82 Å². The minimum absolute atomic E-state index is 0.0367. The number of hydrogen-bond acceptors (Lipinski definition) is 7. The number of halogens is 3. The van der Waals surface area contributed by atoms with Crippen LogP contribution < -0.4 is 5.69 Å². The minimum atomic E-state index is -2.87. The lowest BCUT2D eigenvalue weighted by Gasteiger charge is -2.36. The molecule has 0 aliphatic carbocycles. The van der Waals surface area contributed by atoms with E-state index in [9.17, 15) is 13.6 Å². The van der Waals surface area contributed by atoms with Crippen molar-refractivity contribution in [3.05, 3.63) is 82.9 Å². The van der Waals surface area contributed by atoms with Gasteiger partial charge in [-0.15, -0.1) is 10.2 Å². The van der Waals surface area contributed by atoms with Gasteiger partial charge < -0.3 is 9.32 Å². The van der Waals surface area contributed by atoms with Gasteiger partial charge >= 0.3 is 12.1 Å². The first-order valence-corrected chi connectivity index (χ1v) is 11.5. The van der Waals surface area contributed by atoms with Crippen LogP contribution in [-0.2, 0) is 6.54 Å². The van der Waals surface area contributed by atoms with Gasteiger partial charge in [-0.1, -0.05) is 6.07 Å². The Morgan fingerprint density at radius 2 is 1.92 bits per heavy atom. The molecule has 0 unspecified atom stereocenters. The summed E-state index contributed by atoms with van der Waals surface area (Å²) in [5.41, 5.74) is 2.68. The molecule has 0 spiro atoms. The highest BCUT2D eigenvalue weighted by molar-refractivity contribution is 5.83. The van der Waals surface area contributed by atoms with Gasteiger partial charge in [0, 0.05) is 48.9 Å². The van der Waals surface area contributed by atoms with Crippen molar-refractivity contribution >= 4 is 11.0 Å². The average molecular weight is 507 g/mol. The zero-order chi connectivity index (χ0) is 25.7. The molecule has 0 bridgehead atoms. The average Bonchev–Trinajstić information content (AvgIpc) is 3.47. The van der Waals surface area contributed by atoms with Crippen LogP contribution in [0.5, 0.6) is 0 Å². The van der Waals surface area contributed by atoms with Crippen molar-refractivity contribution in [3.8, 4) is 22.6 Å². The van der Waals surface area contributed by atoms with Crippen LogP contribution >= 0.6 is 0 Å². The van der Waals surface area contributed by atoms with Crippen molar-refractivity contribution in [3.63, 3.8) is 0 Å². The topological polar surface area (TPSA) is 94.9 Å². The first-order chi connectivity index (χ1) is 17.9. The van der Waals surface area contributed by atoms with Crippen LogP contribution in [0.2, 0.25) is 0 Å². The molecule has 0 radical (unpaired) electrons. The van der Waals surface area contributed by atoms with E-state index in [1.807, 2.05) is 7.05 Å². The molecule has 5 heterocycles. The lowest BCUT2D eigenvalue weighted by molar-refractivity contribution is 0.116. The largest absolute Gasteiger partial charge is 0.415 e. The predicted octanol–water partition coefficient (Wildman–Crippen LogP) is 3.92. The SMILES string of the molecule is CN1CC(n2c(=O)n(Cc3ccc(-c4nnc(C(F)F)o4)cn3)c3cc(F)c(-c4cccnc4)cc32)C1. The molecule has 1 aliphatic rings. The van der Waals surface area contributed by atoms with Crippen molar-refractivity contribution in [2.45, 2.75) is 19.0 Å². The van der Waals surface area contributed by atoms with E-state index in [2.05, 4.69) is 25.1 Å². The first kappa shape index (κ1) is 23.1. The predicted molar refractivity (Wildman–Crippen MR) is 128 cm³/mol. The summed E-state index contributed by atoms with van der Waals surface area (Å²) in [4.78, 5) is 24.1. The number of hydrogen-bond donors (Lipinski definition) is 0. The summed E-state index contributed by atoms with van der Waals surface area (Å²) >= 11 is 0. The van der Waals surface area contributed by atoms with Crippen LogP contribution in [0.3, 0.4) is 0 Å². The zero-order valence-electron chi connectivity index (χ0n) is 19.6. The van der Waals surface area contributed by atoms with Crippen molar-refractivity contribution in [1.29, 1.82) is 0 Å². The van der Waals surface area contributed by atoms with E-state index < -0.39 is 18.1 Å². The third-order valence-corrected chi connectivity index (χ3v) is 6.45. The van der Waals surface area contributed by atoms with Crippen LogP contribution in [0.1, 0.15) is 24.1 Å². The Hall–Kier alpha value is -4.32. The quantitative estimate of drug-likeness (QED) is 0.344. The number of benzene rings is 1. The number of rotatable bonds is 6. The molecule has 0 atom stereocenters. The number of likely N-dealkylation sites (tertiary alicyclic amines) is 1. The van der Waals surface area contributed by atoms with E-state index in [1.165, 1.54) is 16.8 Å². The molecule has 0 amide bonds. The molecule has 1 fully saturated rings. The summed E-state index contributed by atoms with van der Waals surface area (Å²) in [5, 5.41) is 6.94. The van der Waals surface area contributed by atoms with Gasteiger partial charge in [-0.2, -0.15) is 8.78 Å². The maximum atomic E-state index is 15.3. The van der Waals surface area contributed by atoms with Gasteiger partial charge in [0.25, 0.3) is 5.89 Å². The summed E-state index contributed by atoms with van der Waals surface area (Å²) in [7, 11) is 1.97. The summed E-state index contributed by atoms with van der Waals surface area (Å²) in [6.45, 7) is 1.50. The van der Waals surface area contributed by atoms with Crippen LogP contribution in [0, 0.1) is 5.82 Å². The third-order valence-electron chi connectivity index (χ3n) is 6.45. The highest BCUT2D eigenvalue weighted by Crippen LogP contribution is 2.31. The second-order valence-electron chi connectivity index (χ2n) is 8.96. The van der Waals surface area contributed by atoms with Gasteiger partial charge in [0.15, 0.2) is 0 Å². The van der Waals surface area contributed by atoms with Crippen LogP contribution in [0.25, 0.3) is 33.6 Å². The van der Waals surface area contributed by atoms with Gasteiger partial charge in [-0.3, -0.25) is 19.1 Å². The maximum absolute atomic E-state index is 15.3. The van der Waals surface area contributed by atoms with E-state index in [1.54, 1.807) is 47.3 Å². The Morgan fingerprint density at radius 3 is 2.57 bits per heavy atom. The second-order valence-corrected chi connectivity index (χ2v) is 8.96. The Balaban J connectivity index is 1.40. The molecule has 9 nitrogen and oxygen atoms in total. The molecule has 12 heteroatoms. The molecule has 1 aliphatic heterocycles. The third kappa shape index (κ3) is 4.08. The fraction of sp³-hybridized carbons (Fsp3) is 0.240. The number of imidazole rings is 1. The van der Waals surface area contributed by atoms with Gasteiger partial charge in [0.2, 0.25) is 5.89 Å². The first-order valence-electron chi connectivity index (χ1n) is 11.5. The minimum Gasteiger partial charge on any atom is -0.415 e. The van der Waals surface area contributed by atoms with E-state index in [0.29, 0.717) is 46.5 Å². The van der Waals surface area contributed by atoms with E-state index in [0.717, 1.165) is 0 Å². The van der Waals surface area contributed by atoms with Crippen molar-refractivity contribution < 1.29 is 17.6 Å². The highest BCUT2D eigenvalue weighted by atomic mass is 19.3. The van der Waals surface area contributed by atoms with Crippen molar-refractivity contribution in [2.75, 3.05) is 20.1 Å². The Kier molecular flexibility index (Phi) is 5.60. The van der Waals surface area contributed by atoms with E-state index in [-0.39, 0.29) is 24.2 Å². The van der Waals surface area contributed by atoms with E-state index in [4.69, 9.17) is 4.42 Å². The summed E-state index contributed by atoms with van der Waals surface area (Å²) in [6, 6.07) is 9.77. The normalized spacial score (nSPS) is 14.5. The second kappa shape index (κ2) is 8.96. The smallest absolute Gasteiger partial charge is 0.329 e. The molecule has 5 aromatic rings. The number of alkyl halides is 2. The number of pyridine rings is 2. The Morgan fingerprint density at radius 1 is 1.08 bits per heavy atom. The molecule has 6 rings (SSSR count). The van der Waals surface area contributed by atoms with Crippen LogP contribution in [0.4, 0.5) is 13.2 Å². The molecule has 1 aromatic carbocycles. The number of fused-ring (bicyclic) bond motifs is 1. The molecule has 0 N–H and O–H groups in total. The van der Waals surface area contributed by atoms with Gasteiger partial charge in [0.05, 0.1) is 34.9 Å². The van der Waals surface area contributed by atoms with Crippen LogP contribution in [-0.4, -0.2) is 54.3 Å². The van der Waals surface area contributed by atoms with Gasteiger partial charge in [-0.25, -0.2) is 9.18 Å². The number of nitrogens with zero attached hydrogens (tertiary/aromatic N) is 7. The molecule has 1 saturated heterocycles. The molecule has 0 saturated carbocycles. The number of likely N-dealkylation sites (N-methyl/N-ethyl adjacent to an activating group) is 1. The summed E-state index contributed by atoms with van der Waals surface area (Å²) in [6.07, 6.45) is 1.74. The Labute approximate surface area is 207 Å². The zero-order valence-corrected chi connectivity index (χ0v) is 19.6. The standard InChI is InChI=1S/C25H20F3N7O2/c1-33-12-17(13-33)35-21-7-18(14-3-2-6-29-9-14)19(26)8-20(21)34(25(35)36)11-16-5-4-15(10-30-16)23-31-32-24(37-23)22(27)28/h2-10,17,22H,11-13H2,1H3. The molecule has 4 aromatic heterocycles. The Bertz CT molecular complexity index is 1640. The van der Waals surface area contributed by atoms with Crippen molar-refractivity contribution in [1.82, 2.24) is 34.2 Å². The molecular weight excluding hydrogens is 487 g/mol. The van der Waals surface area contributed by atoms with Gasteiger partial charge in [-0.05, 0) is 31.3 Å². The fourth-order valence-electron chi connectivity index (χ4n) is 4.62. The molecular formula is C25H20F3N7O2. The highest BCUT2D eigenvalue weighted by Gasteiger charge is 2.30. The lowest BCUT2D eigenvalue weighted by Crippen LogP contribution is -2.48. The molecule has 37 heavy (non-hydrogen) atoms. The summed E-state index contributed by atoms with van der Waals surface area (Å²) < 4.78 is 48.9. The summed E-state index contributed by atoms with van der Waals surface area (Å²) in [5.74, 6) is -1.32. The number of aromatic nitrogens is 6. The van der Waals surface area contributed by atoms with E-state index >= 15 is 4.39 Å². The fourth-order valence-corrected chi connectivity index (χ4v) is 4.62. The molecule has 188 valence electrons.